The summed E-state index contributed by atoms with van der Waals surface area (Å²) in [5.41, 5.74) is 0. The van der Waals surface area contributed by atoms with Crippen LogP contribution in [0.4, 0.5) is 0 Å². The molecular formula is C23H28Br2OSi. The topological polar surface area (TPSA) is 9.23 Å². The summed E-state index contributed by atoms with van der Waals surface area (Å²) in [6.45, 7) is 7.88. The van der Waals surface area contributed by atoms with E-state index in [1.807, 2.05) is 0 Å². The molecule has 0 heterocycles. The number of halogens is 2. The average molecular weight is 508 g/mol. The van der Waals surface area contributed by atoms with Gasteiger partial charge < -0.3 is 4.43 Å². The van der Waals surface area contributed by atoms with Gasteiger partial charge in [0.25, 0.3) is 8.32 Å². The van der Waals surface area contributed by atoms with Crippen molar-refractivity contribution in [3.63, 3.8) is 0 Å². The Kier molecular flexibility index (Phi) is 6.83. The Bertz CT molecular complexity index is 724. The zero-order valence-electron chi connectivity index (χ0n) is 16.3. The van der Waals surface area contributed by atoms with Gasteiger partial charge in [-0.2, -0.15) is 0 Å². The molecule has 2 atom stereocenters. The van der Waals surface area contributed by atoms with E-state index in [-0.39, 0.29) is 5.04 Å². The first-order chi connectivity index (χ1) is 12.8. The Morgan fingerprint density at radius 3 is 1.93 bits per heavy atom. The van der Waals surface area contributed by atoms with Gasteiger partial charge in [0.05, 0.1) is 3.39 Å². The second-order valence-electron chi connectivity index (χ2n) is 8.46. The highest BCUT2D eigenvalue weighted by Crippen LogP contribution is 2.44. The van der Waals surface area contributed by atoms with E-state index in [1.165, 1.54) is 16.8 Å². The molecule has 3 rings (SSSR count). The van der Waals surface area contributed by atoms with Crippen LogP contribution in [-0.4, -0.2) is 14.9 Å². The number of benzene rings is 2. The number of hydrogen-bond acceptors (Lipinski definition) is 1. The molecule has 1 saturated carbocycles. The van der Waals surface area contributed by atoms with Crippen molar-refractivity contribution < 1.29 is 4.43 Å². The molecule has 0 bridgehead atoms. The van der Waals surface area contributed by atoms with Crippen molar-refractivity contribution in [1.82, 2.24) is 0 Å². The van der Waals surface area contributed by atoms with Gasteiger partial charge in [0.1, 0.15) is 0 Å². The molecule has 2 aromatic rings. The Balaban J connectivity index is 1.90. The quantitative estimate of drug-likeness (QED) is 0.404. The second kappa shape index (κ2) is 8.77. The summed E-state index contributed by atoms with van der Waals surface area (Å²) in [6, 6.07) is 21.8. The molecule has 0 aliphatic heterocycles. The lowest BCUT2D eigenvalue weighted by Gasteiger charge is -2.43. The minimum Gasteiger partial charge on any atom is -0.407 e. The van der Waals surface area contributed by atoms with Gasteiger partial charge in [0.2, 0.25) is 0 Å². The van der Waals surface area contributed by atoms with Crippen LogP contribution in [0.1, 0.15) is 33.6 Å². The van der Waals surface area contributed by atoms with Gasteiger partial charge in [-0.15, -0.1) is 0 Å². The molecule has 144 valence electrons. The molecule has 4 heteroatoms. The van der Waals surface area contributed by atoms with Gasteiger partial charge in [-0.1, -0.05) is 87.5 Å². The Morgan fingerprint density at radius 2 is 1.48 bits per heavy atom. The molecule has 1 aliphatic carbocycles. The van der Waals surface area contributed by atoms with Crippen molar-refractivity contribution in [2.24, 2.45) is 11.8 Å². The van der Waals surface area contributed by atoms with Crippen molar-refractivity contribution in [3.05, 3.63) is 70.1 Å². The van der Waals surface area contributed by atoms with Crippen LogP contribution in [0.3, 0.4) is 0 Å². The predicted molar refractivity (Wildman–Crippen MR) is 126 cm³/mol. The molecule has 0 N–H and O–H groups in total. The van der Waals surface area contributed by atoms with Gasteiger partial charge >= 0.3 is 0 Å². The van der Waals surface area contributed by atoms with E-state index in [2.05, 4.69) is 119 Å². The summed E-state index contributed by atoms with van der Waals surface area (Å²) in [5.74, 6) is 1.41. The van der Waals surface area contributed by atoms with E-state index < -0.39 is 8.32 Å². The highest BCUT2D eigenvalue weighted by Gasteiger charge is 2.51. The standard InChI is InChI=1S/C23H28Br2OSi/c1-23(2,3)27(20-10-6-4-7-11-20,21-12-8-5-9-13-21)26-17-19-16-18(19)14-15-22(24)25/h4-13,15,18-19H,14,16-17H2,1-3H3/t18-,19-/m0/s1. The summed E-state index contributed by atoms with van der Waals surface area (Å²) < 4.78 is 8.07. The molecule has 1 aliphatic rings. The molecular weight excluding hydrogens is 480 g/mol. The van der Waals surface area contributed by atoms with E-state index in [4.69, 9.17) is 4.43 Å². The zero-order chi connectivity index (χ0) is 19.5. The summed E-state index contributed by atoms with van der Waals surface area (Å²) >= 11 is 6.92. The van der Waals surface area contributed by atoms with E-state index in [0.29, 0.717) is 5.92 Å². The molecule has 0 saturated heterocycles. The third kappa shape index (κ3) is 4.84. The Morgan fingerprint density at radius 1 is 0.963 bits per heavy atom. The number of rotatable bonds is 7. The van der Waals surface area contributed by atoms with Crippen LogP contribution in [0, 0.1) is 11.8 Å². The zero-order valence-corrected chi connectivity index (χ0v) is 20.5. The molecule has 1 nitrogen and oxygen atoms in total. The van der Waals surface area contributed by atoms with Crippen LogP contribution >= 0.6 is 31.9 Å². The lowest BCUT2D eigenvalue weighted by Crippen LogP contribution is -2.66. The molecule has 0 unspecified atom stereocenters. The van der Waals surface area contributed by atoms with E-state index in [9.17, 15) is 0 Å². The van der Waals surface area contributed by atoms with Gasteiger partial charge in [0, 0.05) is 6.61 Å². The van der Waals surface area contributed by atoms with Gasteiger partial charge in [-0.25, -0.2) is 0 Å². The van der Waals surface area contributed by atoms with Gasteiger partial charge in [0.15, 0.2) is 0 Å². The van der Waals surface area contributed by atoms with Crippen LogP contribution in [0.2, 0.25) is 5.04 Å². The number of allylic oxidation sites excluding steroid dienone is 1. The predicted octanol–water partition coefficient (Wildman–Crippen LogP) is 6.22. The molecule has 0 aromatic heterocycles. The first-order valence-electron chi connectivity index (χ1n) is 9.61. The lowest BCUT2D eigenvalue weighted by molar-refractivity contribution is 0.274. The third-order valence-corrected chi connectivity index (χ3v) is 11.2. The van der Waals surface area contributed by atoms with Crippen LogP contribution in [-0.2, 0) is 4.43 Å². The molecule has 0 spiro atoms. The summed E-state index contributed by atoms with van der Waals surface area (Å²) in [5, 5.41) is 2.78. The monoisotopic (exact) mass is 506 g/mol. The van der Waals surface area contributed by atoms with Crippen LogP contribution < -0.4 is 10.4 Å². The van der Waals surface area contributed by atoms with Crippen LogP contribution in [0.15, 0.2) is 70.1 Å². The highest BCUT2D eigenvalue weighted by molar-refractivity contribution is 9.28. The van der Waals surface area contributed by atoms with Crippen molar-refractivity contribution >= 4 is 50.6 Å². The normalized spacial score (nSPS) is 19.6. The molecule has 0 radical (unpaired) electrons. The molecule has 27 heavy (non-hydrogen) atoms. The van der Waals surface area contributed by atoms with Crippen molar-refractivity contribution in [3.8, 4) is 0 Å². The largest absolute Gasteiger partial charge is 0.407 e. The maximum absolute atomic E-state index is 7.02. The lowest BCUT2D eigenvalue weighted by atomic mass is 10.2. The molecule has 2 aromatic carbocycles. The fourth-order valence-electron chi connectivity index (χ4n) is 4.04. The van der Waals surface area contributed by atoms with E-state index >= 15 is 0 Å². The SMILES string of the molecule is CC(C)(C)[Si](OC[C@@H]1C[C@@H]1CC=C(Br)Br)(c1ccccc1)c1ccccc1. The Labute approximate surface area is 181 Å². The van der Waals surface area contributed by atoms with Gasteiger partial charge in [-0.3, -0.25) is 0 Å². The molecule has 0 amide bonds. The fourth-order valence-corrected chi connectivity index (χ4v) is 9.03. The maximum Gasteiger partial charge on any atom is 0.261 e. The van der Waals surface area contributed by atoms with Gasteiger partial charge in [-0.05, 0) is 71.9 Å². The number of hydrogen-bond donors (Lipinski definition) is 0. The summed E-state index contributed by atoms with van der Waals surface area (Å²) in [6.07, 6.45) is 4.59. The van der Waals surface area contributed by atoms with Crippen molar-refractivity contribution in [2.75, 3.05) is 6.61 Å². The van der Waals surface area contributed by atoms with Crippen LogP contribution in [0.5, 0.6) is 0 Å². The first-order valence-corrected chi connectivity index (χ1v) is 13.1. The minimum absolute atomic E-state index is 0.0544. The van der Waals surface area contributed by atoms with E-state index in [0.717, 1.165) is 22.3 Å². The minimum atomic E-state index is -2.38. The average Bonchev–Trinajstić information content (AvgIpc) is 3.40. The van der Waals surface area contributed by atoms with Crippen molar-refractivity contribution in [1.29, 1.82) is 0 Å². The summed E-state index contributed by atoms with van der Waals surface area (Å²) in [4.78, 5) is 0. The Hall–Kier alpha value is -0.683. The first kappa shape index (κ1) is 21.0. The maximum atomic E-state index is 7.02. The van der Waals surface area contributed by atoms with Crippen LogP contribution in [0.25, 0.3) is 0 Å². The fraction of sp³-hybridized carbons (Fsp3) is 0.391. The molecule has 1 fully saturated rings. The smallest absolute Gasteiger partial charge is 0.261 e. The summed E-state index contributed by atoms with van der Waals surface area (Å²) in [7, 11) is -2.38. The third-order valence-electron chi connectivity index (χ3n) is 5.57. The van der Waals surface area contributed by atoms with E-state index in [1.54, 1.807) is 0 Å². The second-order valence-corrected chi connectivity index (χ2v) is 15.5. The highest BCUT2D eigenvalue weighted by atomic mass is 79.9. The van der Waals surface area contributed by atoms with Crippen molar-refractivity contribution in [2.45, 2.75) is 38.7 Å².